The molecule has 0 saturated heterocycles. The van der Waals surface area contributed by atoms with Gasteiger partial charge in [-0.1, -0.05) is 12.1 Å². The summed E-state index contributed by atoms with van der Waals surface area (Å²) in [6, 6.07) is 0. The van der Waals surface area contributed by atoms with E-state index >= 15 is 0 Å². The molecule has 0 aliphatic heterocycles. The summed E-state index contributed by atoms with van der Waals surface area (Å²) in [5.74, 6) is -0.128. The number of hydrogen-bond acceptors (Lipinski definition) is 7. The minimum absolute atomic E-state index is 0.0125. The van der Waals surface area contributed by atoms with E-state index in [4.69, 9.17) is 9.26 Å². The van der Waals surface area contributed by atoms with Gasteiger partial charge in [-0.3, -0.25) is 15.1 Å². The van der Waals surface area contributed by atoms with E-state index in [2.05, 4.69) is 10.1 Å². The molecule has 23 heavy (non-hydrogen) atoms. The molecule has 0 bridgehead atoms. The Kier molecular flexibility index (Phi) is 4.73. The van der Waals surface area contributed by atoms with Crippen LogP contribution in [-0.4, -0.2) is 21.0 Å². The smallest absolute Gasteiger partial charge is 0.344 e. The normalized spacial score (nSPS) is 10.6. The molecule has 2 rings (SSSR count). The van der Waals surface area contributed by atoms with Gasteiger partial charge in [0.2, 0.25) is 0 Å². The van der Waals surface area contributed by atoms with E-state index in [-0.39, 0.29) is 12.3 Å². The van der Waals surface area contributed by atoms with Crippen molar-refractivity contribution in [1.29, 1.82) is 0 Å². The highest BCUT2D eigenvalue weighted by atomic mass is 16.6. The summed E-state index contributed by atoms with van der Waals surface area (Å²) >= 11 is 0. The highest BCUT2D eigenvalue weighted by Crippen LogP contribution is 2.25. The van der Waals surface area contributed by atoms with Crippen molar-refractivity contribution in [2.45, 2.75) is 40.7 Å². The molecule has 0 saturated carbocycles. The first-order valence-electron chi connectivity index (χ1n) is 7.08. The fourth-order valence-electron chi connectivity index (χ4n) is 2.32. The van der Waals surface area contributed by atoms with E-state index in [1.54, 1.807) is 20.8 Å². The molecule has 2 heterocycles. The van der Waals surface area contributed by atoms with Gasteiger partial charge in [-0.15, -0.1) is 0 Å². The second-order valence-electron chi connectivity index (χ2n) is 5.11. The lowest BCUT2D eigenvalue weighted by Gasteiger charge is -2.08. The molecule has 0 amide bonds. The van der Waals surface area contributed by atoms with Crippen LogP contribution in [0.15, 0.2) is 10.7 Å². The SMILES string of the molecule is CCc1onc(C)c1C(=O)OCc1ncc(C)c([N+](=O)[O-])c1C. The fraction of sp³-hybridized carbons (Fsp3) is 0.400. The number of pyridine rings is 1. The maximum absolute atomic E-state index is 12.2. The Hall–Kier alpha value is -2.77. The number of hydrogen-bond donors (Lipinski definition) is 0. The van der Waals surface area contributed by atoms with Crippen molar-refractivity contribution >= 4 is 11.7 Å². The molecule has 0 radical (unpaired) electrons. The van der Waals surface area contributed by atoms with Crippen molar-refractivity contribution in [2.24, 2.45) is 0 Å². The van der Waals surface area contributed by atoms with Gasteiger partial charge in [0.1, 0.15) is 12.2 Å². The van der Waals surface area contributed by atoms with Crippen molar-refractivity contribution in [3.63, 3.8) is 0 Å². The van der Waals surface area contributed by atoms with Gasteiger partial charge in [0.05, 0.1) is 21.9 Å². The van der Waals surface area contributed by atoms with Crippen molar-refractivity contribution in [3.05, 3.63) is 50.1 Å². The number of aromatic nitrogens is 2. The van der Waals surface area contributed by atoms with Crippen LogP contribution in [-0.2, 0) is 17.8 Å². The Labute approximate surface area is 132 Å². The zero-order valence-electron chi connectivity index (χ0n) is 13.4. The maximum atomic E-state index is 12.2. The molecule has 0 fully saturated rings. The van der Waals surface area contributed by atoms with E-state index in [1.807, 2.05) is 6.92 Å². The molecule has 0 aliphatic carbocycles. The van der Waals surface area contributed by atoms with E-state index in [1.165, 1.54) is 6.20 Å². The molecule has 122 valence electrons. The molecule has 0 unspecified atom stereocenters. The van der Waals surface area contributed by atoms with E-state index in [0.29, 0.717) is 40.3 Å². The van der Waals surface area contributed by atoms with Gasteiger partial charge < -0.3 is 9.26 Å². The fourth-order valence-corrected chi connectivity index (χ4v) is 2.32. The number of esters is 1. The maximum Gasteiger partial charge on any atom is 0.344 e. The van der Waals surface area contributed by atoms with E-state index in [9.17, 15) is 14.9 Å². The molecule has 0 N–H and O–H groups in total. The molecular formula is C15H17N3O5. The summed E-state index contributed by atoms with van der Waals surface area (Å²) in [5, 5.41) is 14.8. The van der Waals surface area contributed by atoms with Crippen LogP contribution in [0.5, 0.6) is 0 Å². The Morgan fingerprint density at radius 3 is 2.70 bits per heavy atom. The zero-order chi connectivity index (χ0) is 17.1. The number of nitrogens with zero attached hydrogens (tertiary/aromatic N) is 3. The van der Waals surface area contributed by atoms with Crippen LogP contribution in [0, 0.1) is 30.9 Å². The third-order valence-electron chi connectivity index (χ3n) is 3.56. The quantitative estimate of drug-likeness (QED) is 0.473. The third-order valence-corrected chi connectivity index (χ3v) is 3.56. The third kappa shape index (κ3) is 3.20. The average molecular weight is 319 g/mol. The molecule has 2 aromatic heterocycles. The first-order valence-corrected chi connectivity index (χ1v) is 7.08. The Morgan fingerprint density at radius 1 is 1.39 bits per heavy atom. The largest absolute Gasteiger partial charge is 0.455 e. The molecule has 0 aromatic carbocycles. The molecule has 2 aromatic rings. The van der Waals surface area contributed by atoms with E-state index < -0.39 is 10.9 Å². The summed E-state index contributed by atoms with van der Waals surface area (Å²) in [7, 11) is 0. The first kappa shape index (κ1) is 16.6. The highest BCUT2D eigenvalue weighted by molar-refractivity contribution is 5.91. The van der Waals surface area contributed by atoms with Crippen molar-refractivity contribution < 1.29 is 19.0 Å². The standard InChI is InChI=1S/C15H17N3O5/c1-5-12-13(10(4)17-23-12)15(19)22-7-11-9(3)14(18(20)21)8(2)6-16-11/h6H,5,7H2,1-4H3. The van der Waals surface area contributed by atoms with Gasteiger partial charge in [0, 0.05) is 18.2 Å². The number of rotatable bonds is 5. The Balaban J connectivity index is 2.21. The van der Waals surface area contributed by atoms with Crippen molar-refractivity contribution in [2.75, 3.05) is 0 Å². The molecule has 8 nitrogen and oxygen atoms in total. The molecule has 0 spiro atoms. The Morgan fingerprint density at radius 2 is 2.09 bits per heavy atom. The predicted molar refractivity (Wildman–Crippen MR) is 80.1 cm³/mol. The average Bonchev–Trinajstić information content (AvgIpc) is 2.87. The summed E-state index contributed by atoms with van der Waals surface area (Å²) in [4.78, 5) is 26.9. The zero-order valence-corrected chi connectivity index (χ0v) is 13.4. The summed E-state index contributed by atoms with van der Waals surface area (Å²) in [6.07, 6.45) is 1.91. The van der Waals surface area contributed by atoms with Gasteiger partial charge >= 0.3 is 5.97 Å². The molecule has 8 heteroatoms. The van der Waals surface area contributed by atoms with Gasteiger partial charge in [0.25, 0.3) is 5.69 Å². The second kappa shape index (κ2) is 6.55. The van der Waals surface area contributed by atoms with Crippen LogP contribution in [0.1, 0.15) is 45.6 Å². The number of ether oxygens (including phenoxy) is 1. The Bertz CT molecular complexity index is 767. The van der Waals surface area contributed by atoms with Crippen LogP contribution in [0.2, 0.25) is 0 Å². The molecule has 0 atom stereocenters. The van der Waals surface area contributed by atoms with E-state index in [0.717, 1.165) is 0 Å². The van der Waals surface area contributed by atoms with Gasteiger partial charge in [-0.25, -0.2) is 4.79 Å². The predicted octanol–water partition coefficient (Wildman–Crippen LogP) is 2.82. The lowest BCUT2D eigenvalue weighted by Crippen LogP contribution is -2.10. The summed E-state index contributed by atoms with van der Waals surface area (Å²) in [6.45, 7) is 6.54. The second-order valence-corrected chi connectivity index (χ2v) is 5.11. The summed E-state index contributed by atoms with van der Waals surface area (Å²) in [5.41, 5.74) is 1.94. The highest BCUT2D eigenvalue weighted by Gasteiger charge is 2.23. The first-order chi connectivity index (χ1) is 10.9. The lowest BCUT2D eigenvalue weighted by atomic mass is 10.1. The summed E-state index contributed by atoms with van der Waals surface area (Å²) < 4.78 is 10.3. The lowest BCUT2D eigenvalue weighted by molar-refractivity contribution is -0.386. The molecule has 0 aliphatic rings. The van der Waals surface area contributed by atoms with Crippen LogP contribution < -0.4 is 0 Å². The number of carbonyl (C=O) groups excluding carboxylic acids is 1. The van der Waals surface area contributed by atoms with Crippen LogP contribution in [0.25, 0.3) is 0 Å². The minimum atomic E-state index is -0.579. The van der Waals surface area contributed by atoms with Gasteiger partial charge in [-0.2, -0.15) is 0 Å². The minimum Gasteiger partial charge on any atom is -0.455 e. The van der Waals surface area contributed by atoms with Crippen molar-refractivity contribution in [1.82, 2.24) is 10.1 Å². The molecular weight excluding hydrogens is 302 g/mol. The van der Waals surface area contributed by atoms with Crippen LogP contribution in [0.4, 0.5) is 5.69 Å². The topological polar surface area (TPSA) is 108 Å². The monoisotopic (exact) mass is 319 g/mol. The van der Waals surface area contributed by atoms with Crippen molar-refractivity contribution in [3.8, 4) is 0 Å². The van der Waals surface area contributed by atoms with Gasteiger partial charge in [0.15, 0.2) is 5.76 Å². The van der Waals surface area contributed by atoms with Crippen LogP contribution in [0.3, 0.4) is 0 Å². The van der Waals surface area contributed by atoms with Crippen LogP contribution >= 0.6 is 0 Å². The number of nitro groups is 1. The van der Waals surface area contributed by atoms with Gasteiger partial charge in [-0.05, 0) is 20.8 Å². The number of carbonyl (C=O) groups is 1. The number of aryl methyl sites for hydroxylation is 3.